The summed E-state index contributed by atoms with van der Waals surface area (Å²) in [6, 6.07) is 5.27. The Balaban J connectivity index is 3.10. The summed E-state index contributed by atoms with van der Waals surface area (Å²) in [6.45, 7) is 7.66. The van der Waals surface area contributed by atoms with Crippen molar-refractivity contribution in [3.63, 3.8) is 0 Å². The number of hydrogen-bond acceptors (Lipinski definition) is 3. The molecule has 0 saturated carbocycles. The first-order valence-corrected chi connectivity index (χ1v) is 6.53. The molecule has 5 nitrogen and oxygen atoms in total. The molecule has 5 heteroatoms. The van der Waals surface area contributed by atoms with Gasteiger partial charge in [-0.25, -0.2) is 0 Å². The second kappa shape index (κ2) is 5.94. The normalized spacial score (nSPS) is 11.2. The topological polar surface area (TPSA) is 83.6 Å². The summed E-state index contributed by atoms with van der Waals surface area (Å²) < 4.78 is 0. The van der Waals surface area contributed by atoms with Gasteiger partial charge in [-0.15, -0.1) is 0 Å². The number of aliphatic carboxylic acids is 1. The van der Waals surface area contributed by atoms with E-state index in [-0.39, 0.29) is 18.9 Å². The first-order chi connectivity index (χ1) is 9.12. The third kappa shape index (κ3) is 3.98. The highest BCUT2D eigenvalue weighted by Gasteiger charge is 2.28. The van der Waals surface area contributed by atoms with Gasteiger partial charge >= 0.3 is 5.97 Å². The lowest BCUT2D eigenvalue weighted by Crippen LogP contribution is -2.46. The lowest BCUT2D eigenvalue weighted by atomic mass is 10.0. The molecule has 1 aromatic rings. The van der Waals surface area contributed by atoms with E-state index in [0.29, 0.717) is 11.3 Å². The Morgan fingerprint density at radius 3 is 2.40 bits per heavy atom. The molecule has 0 unspecified atom stereocenters. The SMILES string of the molecule is Cc1ccc(N)c(C(=O)N(CCC(=O)O)C(C)(C)C)c1. The van der Waals surface area contributed by atoms with Crippen LogP contribution in [0.2, 0.25) is 0 Å². The first-order valence-electron chi connectivity index (χ1n) is 6.53. The lowest BCUT2D eigenvalue weighted by Gasteiger charge is -2.35. The molecule has 1 amide bonds. The molecule has 0 aliphatic heterocycles. The average molecular weight is 278 g/mol. The summed E-state index contributed by atoms with van der Waals surface area (Å²) in [4.78, 5) is 24.9. The second-order valence-electron chi connectivity index (χ2n) is 5.86. The van der Waals surface area contributed by atoms with Crippen molar-refractivity contribution in [1.82, 2.24) is 4.90 Å². The lowest BCUT2D eigenvalue weighted by molar-refractivity contribution is -0.137. The fourth-order valence-corrected chi connectivity index (χ4v) is 1.95. The number of anilines is 1. The van der Waals surface area contributed by atoms with E-state index < -0.39 is 11.5 Å². The highest BCUT2D eigenvalue weighted by molar-refractivity contribution is 5.99. The summed E-state index contributed by atoms with van der Waals surface area (Å²) in [5, 5.41) is 8.82. The zero-order chi connectivity index (χ0) is 15.5. The summed E-state index contributed by atoms with van der Waals surface area (Å²) in [5.74, 6) is -1.16. The largest absolute Gasteiger partial charge is 0.481 e. The summed E-state index contributed by atoms with van der Waals surface area (Å²) in [5.41, 5.74) is 7.16. The monoisotopic (exact) mass is 278 g/mol. The van der Waals surface area contributed by atoms with Crippen molar-refractivity contribution in [2.45, 2.75) is 39.7 Å². The van der Waals surface area contributed by atoms with Gasteiger partial charge in [0.1, 0.15) is 0 Å². The number of amides is 1. The predicted molar refractivity (Wildman–Crippen MR) is 78.6 cm³/mol. The van der Waals surface area contributed by atoms with E-state index in [1.165, 1.54) is 0 Å². The molecule has 20 heavy (non-hydrogen) atoms. The zero-order valence-electron chi connectivity index (χ0n) is 12.4. The Labute approximate surface area is 119 Å². The van der Waals surface area contributed by atoms with Crippen LogP contribution in [-0.2, 0) is 4.79 Å². The van der Waals surface area contributed by atoms with E-state index in [0.717, 1.165) is 5.56 Å². The van der Waals surface area contributed by atoms with E-state index in [1.807, 2.05) is 33.8 Å². The number of carbonyl (C=O) groups is 2. The molecule has 0 spiro atoms. The second-order valence-corrected chi connectivity index (χ2v) is 5.86. The number of rotatable bonds is 4. The van der Waals surface area contributed by atoms with Crippen LogP contribution in [-0.4, -0.2) is 34.0 Å². The number of benzene rings is 1. The van der Waals surface area contributed by atoms with Gasteiger partial charge in [-0.2, -0.15) is 0 Å². The molecule has 0 bridgehead atoms. The average Bonchev–Trinajstić information content (AvgIpc) is 2.30. The van der Waals surface area contributed by atoms with Gasteiger partial charge in [0.05, 0.1) is 12.0 Å². The van der Waals surface area contributed by atoms with Crippen LogP contribution in [0, 0.1) is 6.92 Å². The number of aryl methyl sites for hydroxylation is 1. The van der Waals surface area contributed by atoms with Gasteiger partial charge in [0, 0.05) is 17.8 Å². The van der Waals surface area contributed by atoms with Crippen molar-refractivity contribution < 1.29 is 14.7 Å². The number of carboxylic acid groups (broad SMARTS) is 1. The number of nitrogens with zero attached hydrogens (tertiary/aromatic N) is 1. The summed E-state index contributed by atoms with van der Waals surface area (Å²) in [7, 11) is 0. The number of nitrogens with two attached hydrogens (primary N) is 1. The zero-order valence-corrected chi connectivity index (χ0v) is 12.4. The molecule has 0 fully saturated rings. The molecule has 0 atom stereocenters. The maximum atomic E-state index is 12.6. The third-order valence-electron chi connectivity index (χ3n) is 3.04. The van der Waals surface area contributed by atoms with Gasteiger partial charge in [0.2, 0.25) is 0 Å². The van der Waals surface area contributed by atoms with Gasteiger partial charge in [-0.05, 0) is 39.8 Å². The van der Waals surface area contributed by atoms with Crippen LogP contribution >= 0.6 is 0 Å². The van der Waals surface area contributed by atoms with Crippen molar-refractivity contribution in [3.05, 3.63) is 29.3 Å². The van der Waals surface area contributed by atoms with E-state index in [1.54, 1.807) is 17.0 Å². The summed E-state index contributed by atoms with van der Waals surface area (Å²) >= 11 is 0. The third-order valence-corrected chi connectivity index (χ3v) is 3.04. The van der Waals surface area contributed by atoms with E-state index in [2.05, 4.69) is 0 Å². The minimum Gasteiger partial charge on any atom is -0.481 e. The maximum Gasteiger partial charge on any atom is 0.305 e. The number of nitrogen functional groups attached to an aromatic ring is 1. The number of hydrogen-bond donors (Lipinski definition) is 2. The molecular weight excluding hydrogens is 256 g/mol. The molecule has 0 aliphatic carbocycles. The van der Waals surface area contributed by atoms with Crippen LogP contribution in [0.25, 0.3) is 0 Å². The Hall–Kier alpha value is -2.04. The molecular formula is C15H22N2O3. The molecule has 0 radical (unpaired) electrons. The van der Waals surface area contributed by atoms with Gasteiger partial charge in [-0.1, -0.05) is 11.6 Å². The standard InChI is InChI=1S/C15H22N2O3/c1-10-5-6-12(16)11(9-10)14(20)17(15(2,3)4)8-7-13(18)19/h5-6,9H,7-8,16H2,1-4H3,(H,18,19). The Morgan fingerprint density at radius 2 is 1.90 bits per heavy atom. The van der Waals surface area contributed by atoms with E-state index in [9.17, 15) is 9.59 Å². The summed E-state index contributed by atoms with van der Waals surface area (Å²) in [6.07, 6.45) is -0.0886. The molecule has 0 aromatic heterocycles. The van der Waals surface area contributed by atoms with Crippen molar-refractivity contribution in [1.29, 1.82) is 0 Å². The molecule has 0 aliphatic rings. The predicted octanol–water partition coefficient (Wildman–Crippen LogP) is 2.29. The van der Waals surface area contributed by atoms with Crippen molar-refractivity contribution >= 4 is 17.6 Å². The van der Waals surface area contributed by atoms with Crippen LogP contribution in [0.15, 0.2) is 18.2 Å². The number of carbonyl (C=O) groups excluding carboxylic acids is 1. The van der Waals surface area contributed by atoms with Crippen LogP contribution in [0.3, 0.4) is 0 Å². The Kier molecular flexibility index (Phi) is 4.76. The first kappa shape index (κ1) is 16.0. The molecule has 0 saturated heterocycles. The quantitative estimate of drug-likeness (QED) is 0.828. The molecule has 1 aromatic carbocycles. The molecule has 110 valence electrons. The smallest absolute Gasteiger partial charge is 0.305 e. The van der Waals surface area contributed by atoms with Gasteiger partial charge in [0.15, 0.2) is 0 Å². The van der Waals surface area contributed by atoms with Crippen molar-refractivity contribution in [2.75, 3.05) is 12.3 Å². The van der Waals surface area contributed by atoms with Gasteiger partial charge in [0.25, 0.3) is 5.91 Å². The van der Waals surface area contributed by atoms with Crippen LogP contribution < -0.4 is 5.73 Å². The van der Waals surface area contributed by atoms with E-state index >= 15 is 0 Å². The number of carboxylic acids is 1. The van der Waals surface area contributed by atoms with Crippen LogP contribution in [0.5, 0.6) is 0 Å². The molecule has 3 N–H and O–H groups in total. The highest BCUT2D eigenvalue weighted by Crippen LogP contribution is 2.22. The minimum absolute atomic E-state index is 0.0886. The fraction of sp³-hybridized carbons (Fsp3) is 0.467. The van der Waals surface area contributed by atoms with E-state index in [4.69, 9.17) is 10.8 Å². The van der Waals surface area contributed by atoms with Crippen molar-refractivity contribution in [2.24, 2.45) is 0 Å². The van der Waals surface area contributed by atoms with Crippen LogP contribution in [0.1, 0.15) is 43.1 Å². The van der Waals surface area contributed by atoms with Gasteiger partial charge < -0.3 is 15.7 Å². The van der Waals surface area contributed by atoms with Gasteiger partial charge in [-0.3, -0.25) is 9.59 Å². The van der Waals surface area contributed by atoms with Crippen molar-refractivity contribution in [3.8, 4) is 0 Å². The van der Waals surface area contributed by atoms with Crippen LogP contribution in [0.4, 0.5) is 5.69 Å². The molecule has 0 heterocycles. The maximum absolute atomic E-state index is 12.6. The fourth-order valence-electron chi connectivity index (χ4n) is 1.95. The Bertz CT molecular complexity index is 518. The molecule has 1 rings (SSSR count). The Morgan fingerprint density at radius 1 is 1.30 bits per heavy atom. The highest BCUT2D eigenvalue weighted by atomic mass is 16.4. The minimum atomic E-state index is -0.927.